The molecule has 0 aliphatic carbocycles. The quantitative estimate of drug-likeness (QED) is 0.0849. The average molecular weight is 561 g/mol. The fraction of sp³-hybridized carbons (Fsp3) is 0.500. The predicted octanol–water partition coefficient (Wildman–Crippen LogP) is 10.1. The van der Waals surface area contributed by atoms with E-state index < -0.39 is 8.32 Å². The van der Waals surface area contributed by atoms with Crippen LogP contribution >= 0.6 is 0 Å². The maximum Gasteiger partial charge on any atom is 0.184 e. The zero-order valence-corrected chi connectivity index (χ0v) is 27.7. The van der Waals surface area contributed by atoms with Gasteiger partial charge in [0, 0.05) is 5.41 Å². The fourth-order valence-electron chi connectivity index (χ4n) is 6.50. The van der Waals surface area contributed by atoms with Gasteiger partial charge in [-0.1, -0.05) is 88.4 Å². The Morgan fingerprint density at radius 2 is 1.27 bits per heavy atom. The molecule has 0 N–H and O–H groups in total. The van der Waals surface area contributed by atoms with E-state index in [0.29, 0.717) is 6.61 Å². The second-order valence-electron chi connectivity index (χ2n) is 12.2. The van der Waals surface area contributed by atoms with Gasteiger partial charge < -0.3 is 4.43 Å². The Morgan fingerprint density at radius 1 is 0.700 bits per heavy atom. The summed E-state index contributed by atoms with van der Waals surface area (Å²) in [6, 6.07) is 23.1. The zero-order valence-electron chi connectivity index (χ0n) is 26.7. The lowest BCUT2D eigenvalue weighted by atomic mass is 9.69. The second kappa shape index (κ2) is 13.6. The molecule has 3 aromatic rings. The van der Waals surface area contributed by atoms with Crippen LogP contribution in [0.4, 0.5) is 0 Å². The van der Waals surface area contributed by atoms with Gasteiger partial charge in [-0.05, 0) is 110 Å². The first-order chi connectivity index (χ1) is 19.0. The summed E-state index contributed by atoms with van der Waals surface area (Å²) in [6.07, 6.45) is 4.92. The summed E-state index contributed by atoms with van der Waals surface area (Å²) in [7, 11) is -0.172. The minimum atomic E-state index is -1.72. The van der Waals surface area contributed by atoms with Crippen molar-refractivity contribution >= 4 is 8.32 Å². The normalized spacial score (nSPS) is 12.7. The highest BCUT2D eigenvalue weighted by Crippen LogP contribution is 2.44. The van der Waals surface area contributed by atoms with Crippen molar-refractivity contribution < 1.29 is 14.2 Å². The summed E-state index contributed by atoms with van der Waals surface area (Å²) in [6.45, 7) is 21.2. The van der Waals surface area contributed by atoms with Crippen LogP contribution < -0.4 is 0 Å². The van der Waals surface area contributed by atoms with Crippen molar-refractivity contribution in [1.29, 1.82) is 0 Å². The van der Waals surface area contributed by atoms with E-state index in [1.165, 1.54) is 44.5 Å². The molecular weight excluding hydrogens is 508 g/mol. The topological polar surface area (TPSA) is 27.7 Å². The molecule has 3 nitrogen and oxygen atoms in total. The van der Waals surface area contributed by atoms with Crippen molar-refractivity contribution in [1.82, 2.24) is 0 Å². The van der Waals surface area contributed by atoms with Crippen LogP contribution in [-0.2, 0) is 31.6 Å². The standard InChI is InChI=1S/C36H52O3Si/c1-11-35(12-2,32-20-22-34(28(6)26-32)36(13-3,14-4)39-40(8,9)10)31-19-21-33(27(5)25-31)30-17-15-29(16-18-30)23-24-38-37-7/h15-22,25-26H,11-14,23-24H2,1-10H3. The third-order valence-electron chi connectivity index (χ3n) is 8.76. The molecule has 0 atom stereocenters. The van der Waals surface area contributed by atoms with Gasteiger partial charge in [0.15, 0.2) is 8.32 Å². The lowest BCUT2D eigenvalue weighted by Gasteiger charge is -2.40. The van der Waals surface area contributed by atoms with Crippen LogP contribution in [0.5, 0.6) is 0 Å². The van der Waals surface area contributed by atoms with Gasteiger partial charge in [-0.25, -0.2) is 9.78 Å². The van der Waals surface area contributed by atoms with Crippen molar-refractivity contribution in [3.05, 3.63) is 94.0 Å². The predicted molar refractivity (Wildman–Crippen MR) is 173 cm³/mol. The summed E-state index contributed by atoms with van der Waals surface area (Å²) < 4.78 is 6.88. The lowest BCUT2D eigenvalue weighted by Crippen LogP contribution is -2.40. The molecule has 4 heteroatoms. The molecule has 0 unspecified atom stereocenters. The van der Waals surface area contributed by atoms with Gasteiger partial charge in [-0.2, -0.15) is 0 Å². The van der Waals surface area contributed by atoms with Crippen molar-refractivity contribution in [3.8, 4) is 11.1 Å². The van der Waals surface area contributed by atoms with Crippen molar-refractivity contribution in [3.63, 3.8) is 0 Å². The van der Waals surface area contributed by atoms with E-state index >= 15 is 0 Å². The highest BCUT2D eigenvalue weighted by molar-refractivity contribution is 6.69. The molecule has 0 radical (unpaired) electrons. The largest absolute Gasteiger partial charge is 0.408 e. The Morgan fingerprint density at radius 3 is 1.75 bits per heavy atom. The molecule has 0 aromatic heterocycles. The van der Waals surface area contributed by atoms with Crippen molar-refractivity contribution in [2.75, 3.05) is 13.7 Å². The Bertz CT molecular complexity index is 1230. The zero-order chi connectivity index (χ0) is 29.6. The minimum absolute atomic E-state index is 0.0293. The molecule has 0 aliphatic rings. The van der Waals surface area contributed by atoms with Crippen molar-refractivity contribution in [2.45, 2.75) is 104 Å². The van der Waals surface area contributed by atoms with Gasteiger partial charge in [0.2, 0.25) is 0 Å². The molecule has 0 saturated heterocycles. The van der Waals surface area contributed by atoms with E-state index in [0.717, 1.165) is 32.1 Å². The summed E-state index contributed by atoms with van der Waals surface area (Å²) in [5.74, 6) is 0. The number of hydrogen-bond acceptors (Lipinski definition) is 3. The molecule has 0 spiro atoms. The number of hydrogen-bond donors (Lipinski definition) is 0. The summed E-state index contributed by atoms with van der Waals surface area (Å²) in [5, 5.41) is 0. The van der Waals surface area contributed by atoms with Gasteiger partial charge in [-0.15, -0.1) is 0 Å². The van der Waals surface area contributed by atoms with Gasteiger partial charge in [0.25, 0.3) is 0 Å². The first kappa shape index (κ1) is 32.3. The van der Waals surface area contributed by atoms with E-state index in [1.54, 1.807) is 7.11 Å². The van der Waals surface area contributed by atoms with Crippen LogP contribution in [0.15, 0.2) is 60.7 Å². The molecule has 0 amide bonds. The minimum Gasteiger partial charge on any atom is -0.408 e. The van der Waals surface area contributed by atoms with Gasteiger partial charge in [0.1, 0.15) is 0 Å². The molecule has 3 rings (SSSR count). The van der Waals surface area contributed by atoms with Crippen LogP contribution in [0.3, 0.4) is 0 Å². The van der Waals surface area contributed by atoms with Gasteiger partial charge >= 0.3 is 0 Å². The molecule has 0 fully saturated rings. The van der Waals surface area contributed by atoms with E-state index in [2.05, 4.69) is 122 Å². The Kier molecular flexibility index (Phi) is 11.0. The van der Waals surface area contributed by atoms with Crippen LogP contribution in [0.2, 0.25) is 19.6 Å². The fourth-order valence-corrected chi connectivity index (χ4v) is 8.07. The van der Waals surface area contributed by atoms with E-state index in [4.69, 9.17) is 14.2 Å². The number of aryl methyl sites for hydroxylation is 2. The van der Waals surface area contributed by atoms with Gasteiger partial charge in [-0.3, -0.25) is 0 Å². The molecule has 0 aliphatic heterocycles. The van der Waals surface area contributed by atoms with Gasteiger partial charge in [0.05, 0.1) is 19.3 Å². The third kappa shape index (κ3) is 6.96. The van der Waals surface area contributed by atoms with E-state index in [1.807, 2.05) is 0 Å². The third-order valence-corrected chi connectivity index (χ3v) is 9.76. The van der Waals surface area contributed by atoms with E-state index in [-0.39, 0.29) is 11.0 Å². The lowest BCUT2D eigenvalue weighted by molar-refractivity contribution is -0.271. The number of rotatable bonds is 14. The second-order valence-corrected chi connectivity index (χ2v) is 16.6. The molecule has 3 aromatic carbocycles. The molecule has 0 bridgehead atoms. The maximum absolute atomic E-state index is 6.88. The molecule has 0 heterocycles. The highest BCUT2D eigenvalue weighted by atomic mass is 28.4. The first-order valence-corrected chi connectivity index (χ1v) is 18.6. The van der Waals surface area contributed by atoms with Crippen LogP contribution in [0.1, 0.15) is 86.8 Å². The van der Waals surface area contributed by atoms with Crippen LogP contribution in [0.25, 0.3) is 11.1 Å². The first-order valence-electron chi connectivity index (χ1n) is 15.2. The highest BCUT2D eigenvalue weighted by Gasteiger charge is 2.37. The van der Waals surface area contributed by atoms with Crippen LogP contribution in [-0.4, -0.2) is 22.0 Å². The SMILES string of the molecule is CCC(CC)(O[Si](C)(C)C)c1ccc(C(CC)(CC)c2ccc(-c3ccc(CCOOC)cc3)c(C)c2)cc1C. The molecule has 0 saturated carbocycles. The summed E-state index contributed by atoms with van der Waals surface area (Å²) in [5.41, 5.74) is 10.4. The molecule has 218 valence electrons. The monoisotopic (exact) mass is 560 g/mol. The summed E-state index contributed by atoms with van der Waals surface area (Å²) >= 11 is 0. The Hall–Kier alpha value is -2.24. The maximum atomic E-state index is 6.88. The van der Waals surface area contributed by atoms with Crippen molar-refractivity contribution in [2.24, 2.45) is 0 Å². The summed E-state index contributed by atoms with van der Waals surface area (Å²) in [4.78, 5) is 9.74. The Labute approximate surface area is 245 Å². The molecular formula is C36H52O3Si. The average Bonchev–Trinajstić information content (AvgIpc) is 2.93. The smallest absolute Gasteiger partial charge is 0.184 e. The molecule has 40 heavy (non-hydrogen) atoms. The Balaban J connectivity index is 1.98. The van der Waals surface area contributed by atoms with Crippen LogP contribution in [0, 0.1) is 13.8 Å². The van der Waals surface area contributed by atoms with E-state index in [9.17, 15) is 0 Å². The number of benzene rings is 3.